The molecule has 0 bridgehead atoms. The van der Waals surface area contributed by atoms with Gasteiger partial charge in [0, 0.05) is 25.2 Å². The molecule has 0 atom stereocenters. The minimum Gasteiger partial charge on any atom is -0.496 e. The zero-order valence-corrected chi connectivity index (χ0v) is 13.5. The third kappa shape index (κ3) is 3.08. The molecule has 1 aliphatic carbocycles. The number of nitrogens with one attached hydrogen (secondary N) is 1. The summed E-state index contributed by atoms with van der Waals surface area (Å²) in [6.07, 6.45) is 1.28. The number of methoxy groups -OCH3 is 1. The average molecular weight is 304 g/mol. The van der Waals surface area contributed by atoms with Gasteiger partial charge in [-0.3, -0.25) is 9.59 Å². The third-order valence-electron chi connectivity index (χ3n) is 4.28. The zero-order chi connectivity index (χ0) is 16.2. The summed E-state index contributed by atoms with van der Waals surface area (Å²) < 4.78 is 5.27. The molecule has 1 saturated carbocycles. The number of amides is 2. The van der Waals surface area contributed by atoms with Crippen LogP contribution < -0.4 is 10.1 Å². The van der Waals surface area contributed by atoms with Gasteiger partial charge in [0.1, 0.15) is 11.2 Å². The molecule has 0 aliphatic heterocycles. The first-order chi connectivity index (χ1) is 10.6. The summed E-state index contributed by atoms with van der Waals surface area (Å²) in [6, 6.07) is 7.55. The molecule has 0 radical (unpaired) electrons. The van der Waals surface area contributed by atoms with Gasteiger partial charge >= 0.3 is 0 Å². The van der Waals surface area contributed by atoms with E-state index < -0.39 is 5.41 Å². The molecule has 0 saturated heterocycles. The van der Waals surface area contributed by atoms with Crippen molar-refractivity contribution in [2.24, 2.45) is 5.41 Å². The van der Waals surface area contributed by atoms with Crippen molar-refractivity contribution in [3.8, 4) is 5.75 Å². The van der Waals surface area contributed by atoms with Crippen LogP contribution in [-0.2, 0) is 16.1 Å². The third-order valence-corrected chi connectivity index (χ3v) is 4.28. The quantitative estimate of drug-likeness (QED) is 0.783. The van der Waals surface area contributed by atoms with Crippen LogP contribution in [0.4, 0.5) is 0 Å². The minimum absolute atomic E-state index is 0.0463. The van der Waals surface area contributed by atoms with Crippen molar-refractivity contribution >= 4 is 11.8 Å². The second-order valence-corrected chi connectivity index (χ2v) is 5.55. The van der Waals surface area contributed by atoms with E-state index in [-0.39, 0.29) is 11.8 Å². The summed E-state index contributed by atoms with van der Waals surface area (Å²) in [5, 5.41) is 2.89. The molecule has 0 spiro atoms. The van der Waals surface area contributed by atoms with E-state index in [1.54, 1.807) is 12.0 Å². The van der Waals surface area contributed by atoms with Crippen molar-refractivity contribution in [2.75, 3.05) is 20.2 Å². The number of benzene rings is 1. The lowest BCUT2D eigenvalue weighted by atomic mass is 10.0. The molecule has 120 valence electrons. The lowest BCUT2D eigenvalue weighted by molar-refractivity contribution is -0.144. The molecule has 1 aliphatic rings. The smallest absolute Gasteiger partial charge is 0.238 e. The predicted octanol–water partition coefficient (Wildman–Crippen LogP) is 1.96. The lowest BCUT2D eigenvalue weighted by Crippen LogP contribution is -2.45. The van der Waals surface area contributed by atoms with Crippen LogP contribution in [0, 0.1) is 5.41 Å². The van der Waals surface area contributed by atoms with Gasteiger partial charge < -0.3 is 15.0 Å². The Kier molecular flexibility index (Phi) is 5.06. The maximum absolute atomic E-state index is 12.5. The molecule has 1 aromatic rings. The molecule has 0 heterocycles. The molecule has 2 rings (SSSR count). The van der Waals surface area contributed by atoms with Gasteiger partial charge in [-0.05, 0) is 32.8 Å². The van der Waals surface area contributed by atoms with Crippen molar-refractivity contribution in [3.05, 3.63) is 29.8 Å². The Morgan fingerprint density at radius 2 is 1.86 bits per heavy atom. The summed E-state index contributed by atoms with van der Waals surface area (Å²) in [5.74, 6) is 0.521. The van der Waals surface area contributed by atoms with Gasteiger partial charge in [0.2, 0.25) is 11.8 Å². The first kappa shape index (κ1) is 16.3. The molecular weight excluding hydrogens is 280 g/mol. The molecule has 1 aromatic carbocycles. The van der Waals surface area contributed by atoms with E-state index in [1.807, 2.05) is 38.1 Å². The normalized spacial score (nSPS) is 15.0. The average Bonchev–Trinajstić information content (AvgIpc) is 3.35. The molecule has 5 heteroatoms. The Morgan fingerprint density at radius 1 is 1.23 bits per heavy atom. The molecule has 1 N–H and O–H groups in total. The Morgan fingerprint density at radius 3 is 2.41 bits per heavy atom. The summed E-state index contributed by atoms with van der Waals surface area (Å²) in [7, 11) is 1.60. The molecule has 1 fully saturated rings. The minimum atomic E-state index is -0.839. The van der Waals surface area contributed by atoms with Crippen LogP contribution in [0.15, 0.2) is 24.3 Å². The van der Waals surface area contributed by atoms with Gasteiger partial charge in [0.05, 0.1) is 7.11 Å². The Bertz CT molecular complexity index is 549. The van der Waals surface area contributed by atoms with Crippen molar-refractivity contribution in [1.29, 1.82) is 0 Å². The second-order valence-electron chi connectivity index (χ2n) is 5.55. The number of para-hydroxylation sites is 1. The number of hydrogen-bond acceptors (Lipinski definition) is 3. The maximum atomic E-state index is 12.5. The second kappa shape index (κ2) is 6.81. The number of carbonyl (C=O) groups excluding carboxylic acids is 2. The number of carbonyl (C=O) groups is 2. The van der Waals surface area contributed by atoms with Crippen molar-refractivity contribution in [2.45, 2.75) is 33.2 Å². The fourth-order valence-corrected chi connectivity index (χ4v) is 2.67. The van der Waals surface area contributed by atoms with Gasteiger partial charge in [-0.1, -0.05) is 18.2 Å². The summed E-state index contributed by atoms with van der Waals surface area (Å²) >= 11 is 0. The van der Waals surface area contributed by atoms with E-state index in [9.17, 15) is 9.59 Å². The predicted molar refractivity (Wildman–Crippen MR) is 84.4 cm³/mol. The highest BCUT2D eigenvalue weighted by atomic mass is 16.5. The van der Waals surface area contributed by atoms with E-state index in [4.69, 9.17) is 4.74 Å². The Labute approximate surface area is 131 Å². The fourth-order valence-electron chi connectivity index (χ4n) is 2.67. The van der Waals surface area contributed by atoms with Crippen LogP contribution in [0.3, 0.4) is 0 Å². The fraction of sp³-hybridized carbons (Fsp3) is 0.529. The van der Waals surface area contributed by atoms with Crippen LogP contribution >= 0.6 is 0 Å². The zero-order valence-electron chi connectivity index (χ0n) is 13.5. The molecule has 5 nitrogen and oxygen atoms in total. The maximum Gasteiger partial charge on any atom is 0.238 e. The van der Waals surface area contributed by atoms with Crippen molar-refractivity contribution in [3.63, 3.8) is 0 Å². The Balaban J connectivity index is 2.02. The van der Waals surface area contributed by atoms with Crippen molar-refractivity contribution < 1.29 is 14.3 Å². The topological polar surface area (TPSA) is 58.6 Å². The van der Waals surface area contributed by atoms with E-state index in [1.165, 1.54) is 0 Å². The largest absolute Gasteiger partial charge is 0.496 e. The van der Waals surface area contributed by atoms with Gasteiger partial charge in [-0.2, -0.15) is 0 Å². The number of rotatable bonds is 7. The van der Waals surface area contributed by atoms with Gasteiger partial charge in [-0.15, -0.1) is 0 Å². The van der Waals surface area contributed by atoms with Gasteiger partial charge in [-0.25, -0.2) is 0 Å². The first-order valence-corrected chi connectivity index (χ1v) is 7.78. The number of nitrogens with zero attached hydrogens (tertiary/aromatic N) is 1. The number of hydrogen-bond donors (Lipinski definition) is 1. The summed E-state index contributed by atoms with van der Waals surface area (Å²) in [4.78, 5) is 26.7. The van der Waals surface area contributed by atoms with Gasteiger partial charge in [0.15, 0.2) is 0 Å². The van der Waals surface area contributed by atoms with E-state index >= 15 is 0 Å². The van der Waals surface area contributed by atoms with Gasteiger partial charge in [0.25, 0.3) is 0 Å². The molecule has 2 amide bonds. The van der Waals surface area contributed by atoms with Crippen molar-refractivity contribution in [1.82, 2.24) is 10.2 Å². The molecular formula is C17H24N2O3. The van der Waals surface area contributed by atoms with Crippen LogP contribution in [0.25, 0.3) is 0 Å². The monoisotopic (exact) mass is 304 g/mol. The van der Waals surface area contributed by atoms with Crippen LogP contribution in [-0.4, -0.2) is 36.9 Å². The van der Waals surface area contributed by atoms with Crippen LogP contribution in [0.2, 0.25) is 0 Å². The van der Waals surface area contributed by atoms with E-state index in [2.05, 4.69) is 5.32 Å². The highest BCUT2D eigenvalue weighted by Gasteiger charge is 2.57. The molecule has 22 heavy (non-hydrogen) atoms. The Hall–Kier alpha value is -2.04. The highest BCUT2D eigenvalue weighted by molar-refractivity contribution is 6.07. The SMILES string of the molecule is CCN(CC)C(=O)C1(C(=O)NCc2ccccc2OC)CC1. The summed E-state index contributed by atoms with van der Waals surface area (Å²) in [6.45, 7) is 5.51. The standard InChI is InChI=1S/C17H24N2O3/c1-4-19(5-2)16(21)17(10-11-17)15(20)18-12-13-8-6-7-9-14(13)22-3/h6-9H,4-5,10-12H2,1-3H3,(H,18,20). The van der Waals surface area contributed by atoms with Crippen LogP contribution in [0.1, 0.15) is 32.3 Å². The van der Waals surface area contributed by atoms with E-state index in [0.29, 0.717) is 32.5 Å². The van der Waals surface area contributed by atoms with E-state index in [0.717, 1.165) is 11.3 Å². The summed E-state index contributed by atoms with van der Waals surface area (Å²) in [5.41, 5.74) is 0.0676. The lowest BCUT2D eigenvalue weighted by Gasteiger charge is -2.24. The number of ether oxygens (including phenoxy) is 1. The highest BCUT2D eigenvalue weighted by Crippen LogP contribution is 2.47. The molecule has 0 unspecified atom stereocenters. The molecule has 0 aromatic heterocycles. The first-order valence-electron chi connectivity index (χ1n) is 7.78. The van der Waals surface area contributed by atoms with Crippen LogP contribution in [0.5, 0.6) is 5.75 Å².